The van der Waals surface area contributed by atoms with Crippen LogP contribution in [0, 0.1) is 31.9 Å². The van der Waals surface area contributed by atoms with E-state index in [1.54, 1.807) is 18.5 Å². The van der Waals surface area contributed by atoms with Crippen molar-refractivity contribution in [2.75, 3.05) is 25.3 Å². The van der Waals surface area contributed by atoms with Crippen molar-refractivity contribution >= 4 is 51.4 Å². The van der Waals surface area contributed by atoms with Gasteiger partial charge in [-0.2, -0.15) is 8.78 Å². The third kappa shape index (κ3) is 8.98. The molecule has 57 heavy (non-hydrogen) atoms. The number of allylic oxidation sites excluding steroid dienone is 2. The minimum absolute atomic E-state index is 0.0376. The number of anilines is 3. The van der Waals surface area contributed by atoms with Crippen LogP contribution in [0.5, 0.6) is 11.5 Å². The van der Waals surface area contributed by atoms with Crippen molar-refractivity contribution in [2.24, 2.45) is 0 Å². The lowest BCUT2D eigenvalue weighted by molar-refractivity contribution is -0.387. The molecule has 2 aromatic heterocycles. The number of nitrogens with two attached hydrogens (primary N) is 1. The van der Waals surface area contributed by atoms with Crippen LogP contribution in [0.25, 0.3) is 11.1 Å². The molecule has 14 nitrogen and oxygen atoms in total. The van der Waals surface area contributed by atoms with Gasteiger partial charge in [0.1, 0.15) is 11.5 Å². The van der Waals surface area contributed by atoms with Crippen LogP contribution < -0.4 is 20.5 Å². The molecule has 17 heteroatoms. The van der Waals surface area contributed by atoms with E-state index in [1.807, 2.05) is 30.3 Å². The van der Waals surface area contributed by atoms with Gasteiger partial charge in [0.15, 0.2) is 0 Å². The average molecular weight is 793 g/mol. The zero-order chi connectivity index (χ0) is 40.6. The molecule has 0 aliphatic heterocycles. The molecule has 3 N–H and O–H groups in total. The largest absolute Gasteiger partial charge is 0.494 e. The number of methoxy groups -OCH3 is 2. The Morgan fingerprint density at radius 1 is 0.719 bits per heavy atom. The number of nitrogens with one attached hydrogen (secondary N) is 1. The third-order valence-corrected chi connectivity index (χ3v) is 8.89. The van der Waals surface area contributed by atoms with E-state index in [0.717, 1.165) is 65.2 Å². The predicted octanol–water partition coefficient (Wildman–Crippen LogP) is 8.71. The SMILES string of the molecule is COc1cc(F)c([N+](=O)[O-])cc1N.COc1cc(F)c([N+](=O)[O-])cc1Nc1nccc(C2=CCc3ccccc32)n1.Clc1nccc(C2=CCc3ccccc32)n1. The van der Waals surface area contributed by atoms with E-state index in [9.17, 15) is 29.0 Å². The van der Waals surface area contributed by atoms with Crippen molar-refractivity contribution in [3.63, 3.8) is 0 Å². The van der Waals surface area contributed by atoms with Crippen LogP contribution >= 0.6 is 11.6 Å². The summed E-state index contributed by atoms with van der Waals surface area (Å²) in [6, 6.07) is 23.9. The molecular formula is C40H31ClF2N8O6. The fourth-order valence-corrected chi connectivity index (χ4v) is 6.20. The first kappa shape index (κ1) is 39.4. The average Bonchev–Trinajstić information content (AvgIpc) is 3.85. The van der Waals surface area contributed by atoms with Gasteiger partial charge in [-0.15, -0.1) is 0 Å². The second-order valence-electron chi connectivity index (χ2n) is 12.1. The Bertz CT molecular complexity index is 2570. The van der Waals surface area contributed by atoms with Crippen molar-refractivity contribution in [1.82, 2.24) is 19.9 Å². The number of nitrogens with zero attached hydrogens (tertiary/aromatic N) is 6. The maximum atomic E-state index is 13.8. The van der Waals surface area contributed by atoms with Gasteiger partial charge in [0.2, 0.25) is 22.9 Å². The lowest BCUT2D eigenvalue weighted by atomic mass is 10.0. The van der Waals surface area contributed by atoms with Gasteiger partial charge in [-0.25, -0.2) is 19.9 Å². The van der Waals surface area contributed by atoms with E-state index in [1.165, 1.54) is 30.9 Å². The molecule has 2 aliphatic carbocycles. The van der Waals surface area contributed by atoms with Crippen LogP contribution in [0.1, 0.15) is 33.6 Å². The Morgan fingerprint density at radius 3 is 1.77 bits per heavy atom. The van der Waals surface area contributed by atoms with E-state index in [2.05, 4.69) is 66.4 Å². The molecule has 0 bridgehead atoms. The molecule has 0 saturated heterocycles. The van der Waals surface area contributed by atoms with Gasteiger partial charge in [0.25, 0.3) is 0 Å². The van der Waals surface area contributed by atoms with Gasteiger partial charge in [-0.05, 0) is 58.8 Å². The van der Waals surface area contributed by atoms with Gasteiger partial charge in [0, 0.05) is 47.8 Å². The maximum Gasteiger partial charge on any atom is 0.307 e. The van der Waals surface area contributed by atoms with Crippen LogP contribution in [-0.2, 0) is 12.8 Å². The second-order valence-corrected chi connectivity index (χ2v) is 12.5. The summed E-state index contributed by atoms with van der Waals surface area (Å²) < 4.78 is 36.5. The molecule has 0 fully saturated rings. The first-order valence-corrected chi connectivity index (χ1v) is 17.3. The number of nitrogen functional groups attached to an aromatic ring is 1. The number of aromatic nitrogens is 4. The summed E-state index contributed by atoms with van der Waals surface area (Å²) in [5.41, 5.74) is 13.0. The smallest absolute Gasteiger partial charge is 0.307 e. The minimum Gasteiger partial charge on any atom is -0.494 e. The van der Waals surface area contributed by atoms with Gasteiger partial charge in [-0.3, -0.25) is 20.2 Å². The first-order chi connectivity index (χ1) is 27.5. The highest BCUT2D eigenvalue weighted by Crippen LogP contribution is 2.36. The highest BCUT2D eigenvalue weighted by Gasteiger charge is 2.21. The number of nitro benzene ring substituents is 2. The molecule has 2 heterocycles. The quantitative estimate of drug-likeness (QED) is 0.0645. The summed E-state index contributed by atoms with van der Waals surface area (Å²) in [6.07, 6.45) is 9.36. The zero-order valence-electron chi connectivity index (χ0n) is 30.2. The number of ether oxygens (including phenoxy) is 2. The maximum absolute atomic E-state index is 13.8. The van der Waals surface area contributed by atoms with Gasteiger partial charge in [-0.1, -0.05) is 60.7 Å². The van der Waals surface area contributed by atoms with Crippen LogP contribution in [-0.4, -0.2) is 44.0 Å². The molecule has 0 radical (unpaired) electrons. The fourth-order valence-electron chi connectivity index (χ4n) is 6.05. The van der Waals surface area contributed by atoms with Crippen molar-refractivity contribution in [1.29, 1.82) is 0 Å². The molecule has 0 spiro atoms. The number of fused-ring (bicyclic) bond motifs is 2. The Kier molecular flexibility index (Phi) is 12.0. The molecule has 288 valence electrons. The lowest BCUT2D eigenvalue weighted by Gasteiger charge is -2.11. The first-order valence-electron chi connectivity index (χ1n) is 16.9. The zero-order valence-corrected chi connectivity index (χ0v) is 30.9. The number of hydrogen-bond acceptors (Lipinski definition) is 12. The number of benzene rings is 4. The fraction of sp³-hybridized carbons (Fsp3) is 0.100. The Morgan fingerprint density at radius 2 is 1.23 bits per heavy atom. The summed E-state index contributed by atoms with van der Waals surface area (Å²) in [6.45, 7) is 0. The summed E-state index contributed by atoms with van der Waals surface area (Å²) >= 11 is 5.80. The summed E-state index contributed by atoms with van der Waals surface area (Å²) in [5, 5.41) is 24.5. The molecular weight excluding hydrogens is 762 g/mol. The second kappa shape index (κ2) is 17.4. The monoisotopic (exact) mass is 792 g/mol. The molecule has 0 amide bonds. The predicted molar refractivity (Wildman–Crippen MR) is 210 cm³/mol. The van der Waals surface area contributed by atoms with Gasteiger partial charge in [0.05, 0.1) is 46.8 Å². The summed E-state index contributed by atoms with van der Waals surface area (Å²) in [4.78, 5) is 36.4. The van der Waals surface area contributed by atoms with Gasteiger partial charge >= 0.3 is 11.4 Å². The Balaban J connectivity index is 0.000000160. The summed E-state index contributed by atoms with van der Waals surface area (Å²) in [7, 11) is 2.65. The van der Waals surface area contributed by atoms with Crippen LogP contribution in [0.4, 0.5) is 37.5 Å². The van der Waals surface area contributed by atoms with Gasteiger partial charge < -0.3 is 20.5 Å². The topological polar surface area (TPSA) is 194 Å². The van der Waals surface area contributed by atoms with E-state index in [-0.39, 0.29) is 28.8 Å². The van der Waals surface area contributed by atoms with Crippen LogP contribution in [0.2, 0.25) is 5.28 Å². The normalized spacial score (nSPS) is 12.0. The standard InChI is InChI=1S/C20H15FN4O3.C13H9ClN2.C7H7FN2O3/c1-28-19-10-15(21)18(25(26)27)11-17(19)24-20-22-9-8-16(23-20)14-7-6-12-4-2-3-5-13(12)14;14-13-15-8-7-12(16-13)11-6-5-9-3-1-2-4-10(9)11;1-13-7-2-4(8)6(10(11)12)3-5(7)9/h2-5,7-11H,6H2,1H3,(H,22,23,24);1-4,6-8H,5H2;2-3H,9H2,1H3. The van der Waals surface area contributed by atoms with Crippen LogP contribution in [0.15, 0.2) is 109 Å². The molecule has 0 atom stereocenters. The molecule has 0 saturated carbocycles. The highest BCUT2D eigenvalue weighted by molar-refractivity contribution is 6.28. The van der Waals surface area contributed by atoms with E-state index < -0.39 is 32.9 Å². The van der Waals surface area contributed by atoms with Crippen molar-refractivity contribution in [3.8, 4) is 11.5 Å². The van der Waals surface area contributed by atoms with E-state index in [0.29, 0.717) is 5.28 Å². The minimum atomic E-state index is -0.977. The highest BCUT2D eigenvalue weighted by atomic mass is 35.5. The Hall–Kier alpha value is -7.33. The Labute approximate surface area is 328 Å². The molecule has 8 rings (SSSR count). The molecule has 0 unspecified atom stereocenters. The number of nitro groups is 2. The number of halogens is 3. The molecule has 4 aromatic carbocycles. The van der Waals surface area contributed by atoms with Crippen molar-refractivity contribution in [2.45, 2.75) is 12.8 Å². The third-order valence-electron chi connectivity index (χ3n) is 8.71. The van der Waals surface area contributed by atoms with Crippen molar-refractivity contribution in [3.05, 3.63) is 180 Å². The number of rotatable bonds is 8. The van der Waals surface area contributed by atoms with Crippen LogP contribution in [0.3, 0.4) is 0 Å². The number of hydrogen-bond donors (Lipinski definition) is 2. The van der Waals surface area contributed by atoms with Crippen molar-refractivity contribution < 1.29 is 28.1 Å². The molecule has 6 aromatic rings. The summed E-state index contributed by atoms with van der Waals surface area (Å²) in [5.74, 6) is -1.52. The molecule has 2 aliphatic rings. The van der Waals surface area contributed by atoms with E-state index >= 15 is 0 Å². The van der Waals surface area contributed by atoms with E-state index in [4.69, 9.17) is 22.1 Å². The lowest BCUT2D eigenvalue weighted by Crippen LogP contribution is -2.03.